The van der Waals surface area contributed by atoms with E-state index in [1.54, 1.807) is 14.2 Å². The van der Waals surface area contributed by atoms with Crippen LogP contribution in [-0.2, 0) is 21.0 Å². The molecule has 1 amide bonds. The molecule has 0 aromatic heterocycles. The summed E-state index contributed by atoms with van der Waals surface area (Å²) in [6, 6.07) is 19.5. The van der Waals surface area contributed by atoms with Crippen LogP contribution in [0.4, 0.5) is 0 Å². The smallest absolute Gasteiger partial charge is 0.272 e. The van der Waals surface area contributed by atoms with Gasteiger partial charge in [-0.2, -0.15) is 0 Å². The first-order valence-corrected chi connectivity index (χ1v) is 11.0. The fourth-order valence-corrected chi connectivity index (χ4v) is 3.67. The molecule has 0 radical (unpaired) electrons. The number of hydrogen-bond donors (Lipinski definition) is 0. The second kappa shape index (κ2) is 10.7. The molecule has 0 spiro atoms. The zero-order valence-corrected chi connectivity index (χ0v) is 20.3. The molecule has 1 atom stereocenters. The molecular weight excluding hydrogens is 418 g/mol. The van der Waals surface area contributed by atoms with E-state index in [1.807, 2.05) is 70.2 Å². The van der Waals surface area contributed by atoms with Gasteiger partial charge in [0.1, 0.15) is 6.61 Å². The van der Waals surface area contributed by atoms with E-state index in [2.05, 4.69) is 18.2 Å². The number of hydroxylamine groups is 2. The van der Waals surface area contributed by atoms with Gasteiger partial charge in [0, 0.05) is 0 Å². The largest absolute Gasteiger partial charge is 0.493 e. The van der Waals surface area contributed by atoms with E-state index in [0.717, 1.165) is 21.9 Å². The van der Waals surface area contributed by atoms with Gasteiger partial charge < -0.3 is 14.2 Å². The van der Waals surface area contributed by atoms with Gasteiger partial charge in [-0.25, -0.2) is 5.06 Å². The minimum atomic E-state index is -0.544. The van der Waals surface area contributed by atoms with Gasteiger partial charge in [0.2, 0.25) is 0 Å². The van der Waals surface area contributed by atoms with Crippen molar-refractivity contribution in [3.8, 4) is 11.5 Å². The van der Waals surface area contributed by atoms with Crippen molar-refractivity contribution in [1.29, 1.82) is 0 Å². The summed E-state index contributed by atoms with van der Waals surface area (Å²) < 4.78 is 16.4. The molecule has 6 heteroatoms. The van der Waals surface area contributed by atoms with Crippen LogP contribution in [0.15, 0.2) is 60.7 Å². The standard InChI is InChI=1S/C27H33NO5/c1-19(22-13-9-11-21-10-7-8-12-23(21)22)28(33-27(2,3)4)26(29)18-32-17-20-14-15-24(30-5)25(16-20)31-6/h7-16,19H,17-18H2,1-6H3/t19-/m1/s1. The Morgan fingerprint density at radius 1 is 0.939 bits per heavy atom. The molecule has 33 heavy (non-hydrogen) atoms. The van der Waals surface area contributed by atoms with Crippen molar-refractivity contribution in [3.63, 3.8) is 0 Å². The first-order valence-electron chi connectivity index (χ1n) is 11.0. The molecule has 0 saturated carbocycles. The minimum Gasteiger partial charge on any atom is -0.493 e. The van der Waals surface area contributed by atoms with Crippen LogP contribution in [0.3, 0.4) is 0 Å². The van der Waals surface area contributed by atoms with E-state index in [1.165, 1.54) is 5.06 Å². The predicted octanol–water partition coefficient (Wildman–Crippen LogP) is 5.69. The normalized spacial score (nSPS) is 12.4. The van der Waals surface area contributed by atoms with Crippen LogP contribution in [-0.4, -0.2) is 37.4 Å². The number of carbonyl (C=O) groups excluding carboxylic acids is 1. The van der Waals surface area contributed by atoms with Crippen LogP contribution in [0.25, 0.3) is 10.8 Å². The van der Waals surface area contributed by atoms with Crippen molar-refractivity contribution in [2.75, 3.05) is 20.8 Å². The Morgan fingerprint density at radius 2 is 1.64 bits per heavy atom. The molecule has 0 fully saturated rings. The Balaban J connectivity index is 1.76. The van der Waals surface area contributed by atoms with Gasteiger partial charge in [0.05, 0.1) is 32.5 Å². The van der Waals surface area contributed by atoms with Crippen LogP contribution >= 0.6 is 0 Å². The highest BCUT2D eigenvalue weighted by atomic mass is 16.7. The molecule has 0 bridgehead atoms. The van der Waals surface area contributed by atoms with E-state index in [4.69, 9.17) is 19.0 Å². The van der Waals surface area contributed by atoms with E-state index in [0.29, 0.717) is 11.5 Å². The lowest BCUT2D eigenvalue weighted by Crippen LogP contribution is -2.41. The predicted molar refractivity (Wildman–Crippen MR) is 129 cm³/mol. The van der Waals surface area contributed by atoms with Gasteiger partial charge in [-0.3, -0.25) is 9.63 Å². The van der Waals surface area contributed by atoms with Crippen molar-refractivity contribution in [2.24, 2.45) is 0 Å². The number of ether oxygens (including phenoxy) is 3. The Bertz CT molecular complexity index is 1080. The third-order valence-electron chi connectivity index (χ3n) is 5.19. The zero-order chi connectivity index (χ0) is 24.0. The average molecular weight is 452 g/mol. The van der Waals surface area contributed by atoms with E-state index >= 15 is 0 Å². The van der Waals surface area contributed by atoms with Gasteiger partial charge in [-0.15, -0.1) is 0 Å². The number of hydrogen-bond acceptors (Lipinski definition) is 5. The van der Waals surface area contributed by atoms with Gasteiger partial charge in [0.15, 0.2) is 11.5 Å². The molecule has 0 aliphatic heterocycles. The number of rotatable bonds is 9. The molecule has 6 nitrogen and oxygen atoms in total. The summed E-state index contributed by atoms with van der Waals surface area (Å²) in [6.45, 7) is 7.89. The molecule has 0 heterocycles. The Kier molecular flexibility index (Phi) is 7.95. The highest BCUT2D eigenvalue weighted by Crippen LogP contribution is 2.31. The maximum Gasteiger partial charge on any atom is 0.272 e. The molecular formula is C27H33NO5. The number of benzene rings is 3. The van der Waals surface area contributed by atoms with Gasteiger partial charge in [0.25, 0.3) is 5.91 Å². The van der Waals surface area contributed by atoms with Crippen molar-refractivity contribution < 1.29 is 23.8 Å². The minimum absolute atomic E-state index is 0.112. The fraction of sp³-hybridized carbons (Fsp3) is 0.370. The molecule has 0 N–H and O–H groups in total. The average Bonchev–Trinajstić information content (AvgIpc) is 2.81. The summed E-state index contributed by atoms with van der Waals surface area (Å²) in [7, 11) is 3.18. The van der Waals surface area contributed by atoms with Crippen LogP contribution in [0.1, 0.15) is 44.9 Å². The van der Waals surface area contributed by atoms with Crippen molar-refractivity contribution in [2.45, 2.75) is 45.9 Å². The molecule has 0 unspecified atom stereocenters. The van der Waals surface area contributed by atoms with E-state index in [9.17, 15) is 4.79 Å². The molecule has 0 aliphatic carbocycles. The van der Waals surface area contributed by atoms with Crippen LogP contribution in [0.2, 0.25) is 0 Å². The summed E-state index contributed by atoms with van der Waals surface area (Å²) in [4.78, 5) is 19.3. The van der Waals surface area contributed by atoms with Crippen LogP contribution < -0.4 is 9.47 Å². The summed E-state index contributed by atoms with van der Waals surface area (Å²) in [5.74, 6) is 1.02. The molecule has 0 aliphatic rings. The van der Waals surface area contributed by atoms with Gasteiger partial charge in [-0.1, -0.05) is 48.5 Å². The van der Waals surface area contributed by atoms with Crippen LogP contribution in [0.5, 0.6) is 11.5 Å². The lowest BCUT2D eigenvalue weighted by molar-refractivity contribution is -0.244. The number of carbonyl (C=O) groups is 1. The van der Waals surface area contributed by atoms with Gasteiger partial charge in [-0.05, 0) is 61.7 Å². The van der Waals surface area contributed by atoms with Gasteiger partial charge >= 0.3 is 0 Å². The summed E-state index contributed by atoms with van der Waals surface area (Å²) in [5.41, 5.74) is 1.36. The molecule has 3 aromatic carbocycles. The Labute approximate surface area is 196 Å². The monoisotopic (exact) mass is 451 g/mol. The second-order valence-electron chi connectivity index (χ2n) is 8.85. The third kappa shape index (κ3) is 6.24. The molecule has 176 valence electrons. The first-order chi connectivity index (χ1) is 15.7. The number of fused-ring (bicyclic) bond motifs is 1. The SMILES string of the molecule is COc1ccc(COCC(=O)N(OC(C)(C)C)[C@H](C)c2cccc3ccccc23)cc1OC. The quantitative estimate of drug-likeness (QED) is 0.391. The first kappa shape index (κ1) is 24.6. The maximum atomic E-state index is 13.2. The lowest BCUT2D eigenvalue weighted by atomic mass is 9.99. The zero-order valence-electron chi connectivity index (χ0n) is 20.3. The molecule has 3 rings (SSSR count). The maximum absolute atomic E-state index is 13.2. The van der Waals surface area contributed by atoms with E-state index < -0.39 is 5.60 Å². The summed E-state index contributed by atoms with van der Waals surface area (Å²) in [5, 5.41) is 3.65. The fourth-order valence-electron chi connectivity index (χ4n) is 3.67. The van der Waals surface area contributed by atoms with E-state index in [-0.39, 0.29) is 25.2 Å². The summed E-state index contributed by atoms with van der Waals surface area (Å²) >= 11 is 0. The molecule has 0 saturated heterocycles. The highest BCUT2D eigenvalue weighted by molar-refractivity contribution is 5.86. The second-order valence-corrected chi connectivity index (χ2v) is 8.85. The Hall–Kier alpha value is -3.09. The van der Waals surface area contributed by atoms with Crippen molar-refractivity contribution in [1.82, 2.24) is 5.06 Å². The van der Waals surface area contributed by atoms with Crippen molar-refractivity contribution in [3.05, 3.63) is 71.8 Å². The molecule has 3 aromatic rings. The highest BCUT2D eigenvalue weighted by Gasteiger charge is 2.28. The summed E-state index contributed by atoms with van der Waals surface area (Å²) in [6.07, 6.45) is 0. The topological polar surface area (TPSA) is 57.2 Å². The number of nitrogens with zero attached hydrogens (tertiary/aromatic N) is 1. The third-order valence-corrected chi connectivity index (χ3v) is 5.19. The van der Waals surface area contributed by atoms with Crippen LogP contribution in [0, 0.1) is 0 Å². The Morgan fingerprint density at radius 3 is 2.33 bits per heavy atom. The number of methoxy groups -OCH3 is 2. The number of amides is 1. The lowest BCUT2D eigenvalue weighted by Gasteiger charge is -2.34. The van der Waals surface area contributed by atoms with Crippen molar-refractivity contribution >= 4 is 16.7 Å².